The van der Waals surface area contributed by atoms with Gasteiger partial charge < -0.3 is 19.1 Å². The van der Waals surface area contributed by atoms with Gasteiger partial charge in [-0.3, -0.25) is 9.78 Å². The van der Waals surface area contributed by atoms with Crippen LogP contribution < -0.4 is 4.74 Å². The van der Waals surface area contributed by atoms with E-state index in [0.717, 1.165) is 16.9 Å². The van der Waals surface area contributed by atoms with Gasteiger partial charge in [0, 0.05) is 39.7 Å². The molecule has 1 amide bonds. The van der Waals surface area contributed by atoms with Gasteiger partial charge in [-0.1, -0.05) is 12.1 Å². The highest BCUT2D eigenvalue weighted by Crippen LogP contribution is 2.18. The summed E-state index contributed by atoms with van der Waals surface area (Å²) in [5, 5.41) is 0. The van der Waals surface area contributed by atoms with Gasteiger partial charge in [-0.2, -0.15) is 0 Å². The first-order valence-electron chi connectivity index (χ1n) is 8.52. The molecule has 26 heavy (non-hydrogen) atoms. The van der Waals surface area contributed by atoms with E-state index in [1.54, 1.807) is 24.4 Å². The molecule has 0 aliphatic carbocycles. The number of pyridine rings is 1. The Kier molecular flexibility index (Phi) is 8.05. The molecule has 1 atom stereocenters. The number of aromatic nitrogens is 1. The molecule has 140 valence electrons. The highest BCUT2D eigenvalue weighted by molar-refractivity contribution is 5.77. The van der Waals surface area contributed by atoms with Gasteiger partial charge in [-0.25, -0.2) is 0 Å². The first-order chi connectivity index (χ1) is 12.6. The lowest BCUT2D eigenvalue weighted by Gasteiger charge is -2.23. The smallest absolute Gasteiger partial charge is 0.249 e. The molecule has 0 aliphatic heterocycles. The first-order valence-corrected chi connectivity index (χ1v) is 8.52. The maximum atomic E-state index is 12.4. The molecule has 0 N–H and O–H groups in total. The van der Waals surface area contributed by atoms with E-state index in [1.807, 2.05) is 43.3 Å². The summed E-state index contributed by atoms with van der Waals surface area (Å²) in [6.07, 6.45) is 3.40. The van der Waals surface area contributed by atoms with Gasteiger partial charge in [0.05, 0.1) is 6.61 Å². The van der Waals surface area contributed by atoms with Gasteiger partial charge in [0.2, 0.25) is 5.91 Å². The predicted molar refractivity (Wildman–Crippen MR) is 98.8 cm³/mol. The second-order valence-corrected chi connectivity index (χ2v) is 6.07. The highest BCUT2D eigenvalue weighted by atomic mass is 16.5. The number of amides is 1. The minimum atomic E-state index is -0.0663. The normalized spacial score (nSPS) is 11.8. The van der Waals surface area contributed by atoms with Crippen molar-refractivity contribution in [2.24, 2.45) is 0 Å². The molecule has 0 saturated carbocycles. The fourth-order valence-electron chi connectivity index (χ4n) is 2.59. The molecule has 0 radical (unpaired) electrons. The molecule has 0 spiro atoms. The Balaban J connectivity index is 2.10. The number of nitrogens with zero attached hydrogens (tertiary/aromatic N) is 2. The van der Waals surface area contributed by atoms with E-state index < -0.39 is 0 Å². The molecule has 6 nitrogen and oxygen atoms in total. The van der Waals surface area contributed by atoms with Gasteiger partial charge in [-0.05, 0) is 42.3 Å². The fraction of sp³-hybridized carbons (Fsp3) is 0.400. The highest BCUT2D eigenvalue weighted by Gasteiger charge is 2.15. The Bertz CT molecular complexity index is 679. The van der Waals surface area contributed by atoms with Crippen LogP contribution in [0.1, 0.15) is 18.1 Å². The Hall–Kier alpha value is -2.44. The van der Waals surface area contributed by atoms with Crippen LogP contribution in [0.25, 0.3) is 0 Å². The minimum Gasteiger partial charge on any atom is -0.488 e. The fourth-order valence-corrected chi connectivity index (χ4v) is 2.59. The second kappa shape index (κ2) is 10.5. The number of ether oxygens (including phenoxy) is 3. The summed E-state index contributed by atoms with van der Waals surface area (Å²) >= 11 is 0. The molecule has 0 fully saturated rings. The maximum Gasteiger partial charge on any atom is 0.249 e. The average Bonchev–Trinajstić information content (AvgIpc) is 2.63. The van der Waals surface area contributed by atoms with Gasteiger partial charge in [0.1, 0.15) is 18.5 Å². The van der Waals surface area contributed by atoms with Crippen LogP contribution in [0.2, 0.25) is 0 Å². The molecule has 0 aliphatic rings. The molecule has 0 saturated heterocycles. The zero-order valence-electron chi connectivity index (χ0n) is 15.6. The number of rotatable bonds is 10. The summed E-state index contributed by atoms with van der Waals surface area (Å²) in [5.74, 6) is 0.693. The summed E-state index contributed by atoms with van der Waals surface area (Å²) in [5.41, 5.74) is 2.01. The Morgan fingerprint density at radius 1 is 1.08 bits per heavy atom. The Morgan fingerprint density at radius 2 is 1.81 bits per heavy atom. The molecule has 6 heteroatoms. The standard InChI is InChI=1S/C20H26N2O4/c1-16(14-24-2)26-19-6-4-5-18(11-19)13-22(20(23)15-25-3)12-17-7-9-21-10-8-17/h4-11,16H,12-15H2,1-3H3/t16-/m0/s1. The molecule has 0 unspecified atom stereocenters. The third-order valence-electron chi connectivity index (χ3n) is 3.75. The van der Waals surface area contributed by atoms with Crippen LogP contribution in [-0.4, -0.2) is 49.3 Å². The topological polar surface area (TPSA) is 60.9 Å². The van der Waals surface area contributed by atoms with Crippen LogP contribution in [0, 0.1) is 0 Å². The van der Waals surface area contributed by atoms with Crippen LogP contribution in [0.4, 0.5) is 0 Å². The van der Waals surface area contributed by atoms with Crippen molar-refractivity contribution in [3.8, 4) is 5.75 Å². The number of hydrogen-bond donors (Lipinski definition) is 0. The lowest BCUT2D eigenvalue weighted by atomic mass is 10.1. The monoisotopic (exact) mass is 358 g/mol. The maximum absolute atomic E-state index is 12.4. The molecule has 1 heterocycles. The number of carbonyl (C=O) groups excluding carboxylic acids is 1. The summed E-state index contributed by atoms with van der Waals surface area (Å²) in [4.78, 5) is 18.2. The summed E-state index contributed by atoms with van der Waals surface area (Å²) in [6, 6.07) is 11.6. The van der Waals surface area contributed by atoms with E-state index in [1.165, 1.54) is 7.11 Å². The zero-order valence-corrected chi connectivity index (χ0v) is 15.6. The number of carbonyl (C=O) groups is 1. The molecule has 0 bridgehead atoms. The van der Waals surface area contributed by atoms with E-state index >= 15 is 0 Å². The lowest BCUT2D eigenvalue weighted by Crippen LogP contribution is -2.32. The van der Waals surface area contributed by atoms with Crippen molar-refractivity contribution >= 4 is 5.91 Å². The van der Waals surface area contributed by atoms with Gasteiger partial charge in [0.25, 0.3) is 0 Å². The van der Waals surface area contributed by atoms with E-state index in [-0.39, 0.29) is 18.6 Å². The third kappa shape index (κ3) is 6.46. The third-order valence-corrected chi connectivity index (χ3v) is 3.75. The van der Waals surface area contributed by atoms with Crippen molar-refractivity contribution < 1.29 is 19.0 Å². The molecule has 1 aromatic carbocycles. The Morgan fingerprint density at radius 3 is 2.50 bits per heavy atom. The van der Waals surface area contributed by atoms with E-state index in [4.69, 9.17) is 14.2 Å². The van der Waals surface area contributed by atoms with Gasteiger partial charge in [-0.15, -0.1) is 0 Å². The van der Waals surface area contributed by atoms with Crippen molar-refractivity contribution in [2.45, 2.75) is 26.1 Å². The molecule has 2 rings (SSSR count). The SMILES string of the molecule is COCC(=O)N(Cc1ccncc1)Cc1cccc(O[C@@H](C)COC)c1. The summed E-state index contributed by atoms with van der Waals surface area (Å²) in [6.45, 7) is 3.49. The van der Waals surface area contributed by atoms with E-state index in [0.29, 0.717) is 19.7 Å². The largest absolute Gasteiger partial charge is 0.488 e. The number of methoxy groups -OCH3 is 2. The van der Waals surface area contributed by atoms with E-state index in [9.17, 15) is 4.79 Å². The molecular formula is C20H26N2O4. The van der Waals surface area contributed by atoms with Crippen molar-refractivity contribution in [3.63, 3.8) is 0 Å². The molecular weight excluding hydrogens is 332 g/mol. The van der Waals surface area contributed by atoms with Crippen molar-refractivity contribution in [3.05, 3.63) is 59.9 Å². The van der Waals surface area contributed by atoms with Gasteiger partial charge >= 0.3 is 0 Å². The first kappa shape index (κ1) is 19.9. The average molecular weight is 358 g/mol. The van der Waals surface area contributed by atoms with Crippen LogP contribution in [-0.2, 0) is 27.4 Å². The number of hydrogen-bond acceptors (Lipinski definition) is 5. The van der Waals surface area contributed by atoms with Crippen molar-refractivity contribution in [1.29, 1.82) is 0 Å². The minimum absolute atomic E-state index is 0.0432. The lowest BCUT2D eigenvalue weighted by molar-refractivity contribution is -0.136. The van der Waals surface area contributed by atoms with Crippen LogP contribution in [0.3, 0.4) is 0 Å². The second-order valence-electron chi connectivity index (χ2n) is 6.07. The zero-order chi connectivity index (χ0) is 18.8. The van der Waals surface area contributed by atoms with Crippen LogP contribution in [0.5, 0.6) is 5.75 Å². The van der Waals surface area contributed by atoms with Crippen LogP contribution in [0.15, 0.2) is 48.8 Å². The Labute approximate surface area is 154 Å². The predicted octanol–water partition coefficient (Wildman–Crippen LogP) is 2.67. The van der Waals surface area contributed by atoms with Crippen molar-refractivity contribution in [2.75, 3.05) is 27.4 Å². The van der Waals surface area contributed by atoms with Crippen LogP contribution >= 0.6 is 0 Å². The molecule has 2 aromatic rings. The quantitative estimate of drug-likeness (QED) is 0.653. The summed E-state index contributed by atoms with van der Waals surface area (Å²) in [7, 11) is 3.17. The van der Waals surface area contributed by atoms with Gasteiger partial charge in [0.15, 0.2) is 0 Å². The van der Waals surface area contributed by atoms with Crippen molar-refractivity contribution in [1.82, 2.24) is 9.88 Å². The summed E-state index contributed by atoms with van der Waals surface area (Å²) < 4.78 is 16.0. The molecule has 1 aromatic heterocycles. The number of benzene rings is 1. The van der Waals surface area contributed by atoms with E-state index in [2.05, 4.69) is 4.98 Å².